The zero-order valence-electron chi connectivity index (χ0n) is 10.1. The van der Waals surface area contributed by atoms with Crippen LogP contribution >= 0.6 is 11.8 Å². The first kappa shape index (κ1) is 15.0. The Kier molecular flexibility index (Phi) is 5.37. The molecule has 19 heavy (non-hydrogen) atoms. The van der Waals surface area contributed by atoms with Gasteiger partial charge < -0.3 is 15.5 Å². The predicted octanol–water partition coefficient (Wildman–Crippen LogP) is 0.855. The van der Waals surface area contributed by atoms with E-state index in [9.17, 15) is 19.5 Å². The maximum Gasteiger partial charge on any atom is 0.327 e. The third kappa shape index (κ3) is 4.63. The maximum atomic E-state index is 11.8. The number of hydrogen-bond donors (Lipinski definition) is 3. The number of carbonyl (C=O) groups is 3. The summed E-state index contributed by atoms with van der Waals surface area (Å²) in [4.78, 5) is 33.5. The molecule has 0 saturated heterocycles. The number of benzene rings is 1. The number of para-hydroxylation sites is 1. The molecule has 1 rings (SSSR count). The predicted molar refractivity (Wildman–Crippen MR) is 70.1 cm³/mol. The number of rotatable bonds is 5. The average Bonchev–Trinajstić information content (AvgIpc) is 2.34. The Morgan fingerprint density at radius 2 is 1.95 bits per heavy atom. The molecule has 0 heterocycles. The minimum atomic E-state index is -1.22. The molecule has 0 aromatic heterocycles. The number of aromatic hydroxyl groups is 1. The Morgan fingerprint density at radius 3 is 2.47 bits per heavy atom. The highest BCUT2D eigenvalue weighted by atomic mass is 32.2. The van der Waals surface area contributed by atoms with Gasteiger partial charge in [-0.1, -0.05) is 23.9 Å². The van der Waals surface area contributed by atoms with Crippen molar-refractivity contribution >= 4 is 28.8 Å². The SMILES string of the molecule is CC(=O)N[C@H](CSC(=O)c1ccccc1O)C(=O)O. The molecule has 0 bridgehead atoms. The van der Waals surface area contributed by atoms with Crippen LogP contribution in [0, 0.1) is 0 Å². The summed E-state index contributed by atoms with van der Waals surface area (Å²) in [6.45, 7) is 1.20. The van der Waals surface area contributed by atoms with Crippen LogP contribution in [0.25, 0.3) is 0 Å². The van der Waals surface area contributed by atoms with Gasteiger partial charge in [0, 0.05) is 12.7 Å². The lowest BCUT2D eigenvalue weighted by Crippen LogP contribution is -2.41. The molecule has 0 fully saturated rings. The number of phenolic OH excluding ortho intramolecular Hbond substituents is 1. The van der Waals surface area contributed by atoms with Gasteiger partial charge in [-0.05, 0) is 12.1 Å². The Balaban J connectivity index is 2.65. The lowest BCUT2D eigenvalue weighted by molar-refractivity contribution is -0.140. The highest BCUT2D eigenvalue weighted by Crippen LogP contribution is 2.22. The second-order valence-corrected chi connectivity index (χ2v) is 4.70. The smallest absolute Gasteiger partial charge is 0.327 e. The first-order valence-corrected chi connectivity index (χ1v) is 6.35. The lowest BCUT2D eigenvalue weighted by Gasteiger charge is -2.12. The van der Waals surface area contributed by atoms with E-state index in [2.05, 4.69) is 5.32 Å². The molecular weight excluding hydrogens is 270 g/mol. The van der Waals surface area contributed by atoms with Crippen molar-refractivity contribution in [2.75, 3.05) is 5.75 Å². The van der Waals surface area contributed by atoms with Crippen LogP contribution < -0.4 is 5.32 Å². The van der Waals surface area contributed by atoms with E-state index >= 15 is 0 Å². The molecule has 0 radical (unpaired) electrons. The molecular formula is C12H13NO5S. The molecule has 0 saturated carbocycles. The second-order valence-electron chi connectivity index (χ2n) is 3.71. The van der Waals surface area contributed by atoms with E-state index in [1.54, 1.807) is 12.1 Å². The number of nitrogens with one attached hydrogen (secondary N) is 1. The molecule has 0 spiro atoms. The summed E-state index contributed by atoms with van der Waals surface area (Å²) in [5.41, 5.74) is 0.111. The summed E-state index contributed by atoms with van der Waals surface area (Å²) in [5.74, 6) is -1.97. The molecule has 1 aromatic rings. The molecule has 3 N–H and O–H groups in total. The maximum absolute atomic E-state index is 11.8. The van der Waals surface area contributed by atoms with E-state index in [-0.39, 0.29) is 17.1 Å². The van der Waals surface area contributed by atoms with Gasteiger partial charge in [-0.15, -0.1) is 0 Å². The average molecular weight is 283 g/mol. The highest BCUT2D eigenvalue weighted by Gasteiger charge is 2.21. The van der Waals surface area contributed by atoms with Crippen molar-refractivity contribution in [1.82, 2.24) is 5.32 Å². The van der Waals surface area contributed by atoms with Gasteiger partial charge in [0.25, 0.3) is 0 Å². The van der Waals surface area contributed by atoms with E-state index in [0.29, 0.717) is 0 Å². The molecule has 1 atom stereocenters. The van der Waals surface area contributed by atoms with Gasteiger partial charge in [0.2, 0.25) is 11.0 Å². The zero-order valence-corrected chi connectivity index (χ0v) is 10.9. The quantitative estimate of drug-likeness (QED) is 0.740. The molecule has 102 valence electrons. The number of amides is 1. The number of carboxylic acid groups (broad SMARTS) is 1. The summed E-state index contributed by atoms with van der Waals surface area (Å²) in [6, 6.07) is 4.84. The zero-order chi connectivity index (χ0) is 14.4. The number of carbonyl (C=O) groups excluding carboxylic acids is 2. The van der Waals surface area contributed by atoms with E-state index in [4.69, 9.17) is 5.11 Å². The van der Waals surface area contributed by atoms with Crippen molar-refractivity contribution < 1.29 is 24.6 Å². The number of aliphatic carboxylic acids is 1. The van der Waals surface area contributed by atoms with Crippen LogP contribution in [-0.2, 0) is 9.59 Å². The van der Waals surface area contributed by atoms with Gasteiger partial charge in [0.1, 0.15) is 11.8 Å². The van der Waals surface area contributed by atoms with Gasteiger partial charge in [0.15, 0.2) is 0 Å². The molecule has 0 aliphatic heterocycles. The normalized spacial score (nSPS) is 11.6. The van der Waals surface area contributed by atoms with Gasteiger partial charge >= 0.3 is 5.97 Å². The van der Waals surface area contributed by atoms with E-state index in [0.717, 1.165) is 11.8 Å². The Bertz CT molecular complexity index is 503. The van der Waals surface area contributed by atoms with Gasteiger partial charge in [0.05, 0.1) is 5.56 Å². The summed E-state index contributed by atoms with van der Waals surface area (Å²) >= 11 is 0.728. The first-order valence-electron chi connectivity index (χ1n) is 5.37. The second kappa shape index (κ2) is 6.79. The third-order valence-corrected chi connectivity index (χ3v) is 3.16. The van der Waals surface area contributed by atoms with E-state index in [1.807, 2.05) is 0 Å². The molecule has 0 unspecified atom stereocenters. The molecule has 7 heteroatoms. The standard InChI is InChI=1S/C12H13NO5S/c1-7(14)13-9(11(16)17)6-19-12(18)8-4-2-3-5-10(8)15/h2-5,9,15H,6H2,1H3,(H,13,14)(H,16,17)/t9-/m1/s1. The van der Waals surface area contributed by atoms with Crippen molar-refractivity contribution in [3.05, 3.63) is 29.8 Å². The van der Waals surface area contributed by atoms with Crippen LogP contribution in [0.5, 0.6) is 5.75 Å². The lowest BCUT2D eigenvalue weighted by atomic mass is 10.2. The monoisotopic (exact) mass is 283 g/mol. The molecule has 0 aliphatic rings. The van der Waals surface area contributed by atoms with Crippen LogP contribution in [0.4, 0.5) is 0 Å². The Morgan fingerprint density at radius 1 is 1.32 bits per heavy atom. The van der Waals surface area contributed by atoms with Gasteiger partial charge in [-0.2, -0.15) is 0 Å². The molecule has 1 aromatic carbocycles. The van der Waals surface area contributed by atoms with Crippen molar-refractivity contribution in [2.45, 2.75) is 13.0 Å². The van der Waals surface area contributed by atoms with Crippen LogP contribution in [0.2, 0.25) is 0 Å². The minimum Gasteiger partial charge on any atom is -0.507 e. The molecule has 0 aliphatic carbocycles. The fraction of sp³-hybridized carbons (Fsp3) is 0.250. The van der Waals surface area contributed by atoms with Gasteiger partial charge in [-0.25, -0.2) is 4.79 Å². The fourth-order valence-corrected chi connectivity index (χ4v) is 2.18. The van der Waals surface area contributed by atoms with Crippen LogP contribution in [0.3, 0.4) is 0 Å². The van der Waals surface area contributed by atoms with Crippen molar-refractivity contribution in [1.29, 1.82) is 0 Å². The Labute approximate surface area is 113 Å². The van der Waals surface area contributed by atoms with Gasteiger partial charge in [-0.3, -0.25) is 9.59 Å². The first-order chi connectivity index (χ1) is 8.91. The topological polar surface area (TPSA) is 104 Å². The van der Waals surface area contributed by atoms with E-state index < -0.39 is 23.0 Å². The minimum absolute atomic E-state index is 0.109. The van der Waals surface area contributed by atoms with Crippen molar-refractivity contribution in [2.24, 2.45) is 0 Å². The van der Waals surface area contributed by atoms with Crippen molar-refractivity contribution in [3.8, 4) is 5.75 Å². The summed E-state index contributed by atoms with van der Waals surface area (Å²) < 4.78 is 0. The third-order valence-electron chi connectivity index (χ3n) is 2.18. The highest BCUT2D eigenvalue weighted by molar-refractivity contribution is 8.14. The van der Waals surface area contributed by atoms with E-state index in [1.165, 1.54) is 19.1 Å². The summed E-state index contributed by atoms with van der Waals surface area (Å²) in [5, 5.41) is 20.1. The number of phenols is 1. The largest absolute Gasteiger partial charge is 0.507 e. The fourth-order valence-electron chi connectivity index (χ4n) is 1.30. The van der Waals surface area contributed by atoms with Crippen LogP contribution in [0.1, 0.15) is 17.3 Å². The summed E-state index contributed by atoms with van der Waals surface area (Å²) in [6.07, 6.45) is 0. The molecule has 6 nitrogen and oxygen atoms in total. The Hall–Kier alpha value is -2.02. The number of thioether (sulfide) groups is 1. The number of carboxylic acids is 1. The number of hydrogen-bond acceptors (Lipinski definition) is 5. The van der Waals surface area contributed by atoms with Crippen LogP contribution in [-0.4, -0.2) is 39.0 Å². The summed E-state index contributed by atoms with van der Waals surface area (Å²) in [7, 11) is 0. The molecule has 1 amide bonds. The van der Waals surface area contributed by atoms with Crippen LogP contribution in [0.15, 0.2) is 24.3 Å². The van der Waals surface area contributed by atoms with Crippen molar-refractivity contribution in [3.63, 3.8) is 0 Å².